The molecular weight excluding hydrogens is 344 g/mol. The molecule has 1 aromatic carbocycles. The second-order valence-corrected chi connectivity index (χ2v) is 7.36. The molecule has 0 bridgehead atoms. The summed E-state index contributed by atoms with van der Waals surface area (Å²) < 4.78 is 0. The molecule has 1 aliphatic heterocycles. The number of benzene rings is 1. The first kappa shape index (κ1) is 16.7. The van der Waals surface area contributed by atoms with Crippen LogP contribution in [-0.4, -0.2) is 47.0 Å². The van der Waals surface area contributed by atoms with Gasteiger partial charge in [-0.15, -0.1) is 11.3 Å². The number of piperazine rings is 1. The normalized spacial score (nSPS) is 14.5. The van der Waals surface area contributed by atoms with Crippen LogP contribution in [0.5, 0.6) is 0 Å². The van der Waals surface area contributed by atoms with Crippen molar-refractivity contribution in [2.24, 2.45) is 0 Å². The van der Waals surface area contributed by atoms with Crippen LogP contribution < -0.4 is 4.90 Å². The Balaban J connectivity index is 1.52. The van der Waals surface area contributed by atoms with Crippen molar-refractivity contribution in [3.8, 4) is 11.1 Å². The van der Waals surface area contributed by atoms with Crippen LogP contribution in [0.2, 0.25) is 0 Å². The van der Waals surface area contributed by atoms with Crippen LogP contribution in [0.4, 0.5) is 5.95 Å². The third-order valence-corrected chi connectivity index (χ3v) is 5.58. The lowest BCUT2D eigenvalue weighted by atomic mass is 10.0. The number of thiophene rings is 1. The minimum atomic E-state index is 0.113. The van der Waals surface area contributed by atoms with Gasteiger partial charge in [0, 0.05) is 54.4 Å². The summed E-state index contributed by atoms with van der Waals surface area (Å²) in [7, 11) is 0. The molecule has 3 heterocycles. The fraction of sp³-hybridized carbons (Fsp3) is 0.250. The Morgan fingerprint density at radius 2 is 1.69 bits per heavy atom. The summed E-state index contributed by atoms with van der Waals surface area (Å²) in [5, 5.41) is 1.99. The number of carbonyl (C=O) groups is 1. The molecule has 26 heavy (non-hydrogen) atoms. The molecule has 0 N–H and O–H groups in total. The van der Waals surface area contributed by atoms with Gasteiger partial charge in [0.2, 0.25) is 5.95 Å². The number of amides is 1. The molecule has 4 rings (SSSR count). The molecule has 0 aliphatic carbocycles. The number of aromatic nitrogens is 2. The molecule has 0 atom stereocenters. The van der Waals surface area contributed by atoms with E-state index in [1.165, 1.54) is 4.88 Å². The van der Waals surface area contributed by atoms with Gasteiger partial charge in [0.25, 0.3) is 5.91 Å². The predicted molar refractivity (Wildman–Crippen MR) is 105 cm³/mol. The van der Waals surface area contributed by atoms with E-state index in [0.717, 1.165) is 35.7 Å². The first-order valence-electron chi connectivity index (χ1n) is 8.69. The molecule has 0 unspecified atom stereocenters. The number of hydrogen-bond acceptors (Lipinski definition) is 5. The Morgan fingerprint density at radius 3 is 2.38 bits per heavy atom. The molecule has 0 saturated carbocycles. The second-order valence-electron chi connectivity index (χ2n) is 6.27. The predicted octanol–water partition coefficient (Wildman–Crippen LogP) is 3.48. The van der Waals surface area contributed by atoms with Crippen LogP contribution in [0, 0.1) is 6.92 Å². The van der Waals surface area contributed by atoms with Gasteiger partial charge in [-0.2, -0.15) is 0 Å². The summed E-state index contributed by atoms with van der Waals surface area (Å²) in [6.45, 7) is 4.94. The van der Waals surface area contributed by atoms with Crippen LogP contribution in [0.25, 0.3) is 11.1 Å². The zero-order valence-electron chi connectivity index (χ0n) is 14.6. The van der Waals surface area contributed by atoms with Gasteiger partial charge in [0.15, 0.2) is 0 Å². The summed E-state index contributed by atoms with van der Waals surface area (Å²) >= 11 is 1.64. The summed E-state index contributed by atoms with van der Waals surface area (Å²) in [5.74, 6) is 0.845. The number of rotatable bonds is 3. The Morgan fingerprint density at radius 1 is 1.00 bits per heavy atom. The summed E-state index contributed by atoms with van der Waals surface area (Å²) in [5.41, 5.74) is 2.98. The van der Waals surface area contributed by atoms with E-state index in [9.17, 15) is 4.79 Å². The molecule has 1 amide bonds. The van der Waals surface area contributed by atoms with Gasteiger partial charge >= 0.3 is 0 Å². The van der Waals surface area contributed by atoms with Crippen molar-refractivity contribution < 1.29 is 4.79 Å². The van der Waals surface area contributed by atoms with Gasteiger partial charge in [-0.1, -0.05) is 30.3 Å². The molecule has 3 aromatic rings. The van der Waals surface area contributed by atoms with Gasteiger partial charge in [-0.25, -0.2) is 9.97 Å². The second kappa shape index (κ2) is 7.25. The summed E-state index contributed by atoms with van der Waals surface area (Å²) in [6, 6.07) is 12.0. The van der Waals surface area contributed by atoms with Crippen molar-refractivity contribution in [2.45, 2.75) is 6.92 Å². The maximum absolute atomic E-state index is 13.1. The molecular formula is C20H20N4OS. The van der Waals surface area contributed by atoms with Crippen LogP contribution in [0.1, 0.15) is 15.2 Å². The third kappa shape index (κ3) is 3.20. The van der Waals surface area contributed by atoms with Crippen LogP contribution >= 0.6 is 11.3 Å². The van der Waals surface area contributed by atoms with E-state index in [4.69, 9.17) is 0 Å². The third-order valence-electron chi connectivity index (χ3n) is 4.67. The highest BCUT2D eigenvalue weighted by Gasteiger charge is 2.26. The largest absolute Gasteiger partial charge is 0.337 e. The lowest BCUT2D eigenvalue weighted by molar-refractivity contribution is 0.0747. The summed E-state index contributed by atoms with van der Waals surface area (Å²) in [6.07, 6.45) is 3.50. The highest BCUT2D eigenvalue weighted by molar-refractivity contribution is 7.10. The van der Waals surface area contributed by atoms with E-state index >= 15 is 0 Å². The van der Waals surface area contributed by atoms with Crippen molar-refractivity contribution in [1.29, 1.82) is 0 Å². The number of hydrogen-bond donors (Lipinski definition) is 0. The lowest BCUT2D eigenvalue weighted by Crippen LogP contribution is -2.49. The molecule has 5 nitrogen and oxygen atoms in total. The Labute approximate surface area is 156 Å². The Hall–Kier alpha value is -2.73. The quantitative estimate of drug-likeness (QED) is 0.714. The summed E-state index contributed by atoms with van der Waals surface area (Å²) in [4.78, 5) is 27.0. The topological polar surface area (TPSA) is 49.3 Å². The monoisotopic (exact) mass is 364 g/mol. The van der Waals surface area contributed by atoms with Crippen molar-refractivity contribution in [3.63, 3.8) is 0 Å². The lowest BCUT2D eigenvalue weighted by Gasteiger charge is -2.34. The fourth-order valence-corrected chi connectivity index (χ4v) is 4.17. The van der Waals surface area contributed by atoms with E-state index in [-0.39, 0.29) is 5.91 Å². The molecule has 132 valence electrons. The SMILES string of the molecule is Cc1scc(C(=O)N2CCN(c3ncccn3)CC2)c1-c1ccccc1. The first-order valence-corrected chi connectivity index (χ1v) is 9.57. The minimum absolute atomic E-state index is 0.113. The Bertz CT molecular complexity index is 887. The standard InChI is InChI=1S/C20H20N4OS/c1-15-18(16-6-3-2-4-7-16)17(14-26-15)19(25)23-10-12-24(13-11-23)20-21-8-5-9-22-20/h2-9,14H,10-13H2,1H3. The van der Waals surface area contributed by atoms with Crippen molar-refractivity contribution in [3.05, 3.63) is 64.6 Å². The van der Waals surface area contributed by atoms with E-state index in [1.54, 1.807) is 23.7 Å². The molecule has 2 aromatic heterocycles. The minimum Gasteiger partial charge on any atom is -0.337 e. The zero-order valence-corrected chi connectivity index (χ0v) is 15.4. The number of anilines is 1. The number of carbonyl (C=O) groups excluding carboxylic acids is 1. The Kier molecular flexibility index (Phi) is 4.67. The van der Waals surface area contributed by atoms with Crippen LogP contribution in [0.15, 0.2) is 54.2 Å². The maximum atomic E-state index is 13.1. The maximum Gasteiger partial charge on any atom is 0.255 e. The molecule has 1 saturated heterocycles. The first-order chi connectivity index (χ1) is 12.7. The van der Waals surface area contributed by atoms with Gasteiger partial charge in [0.05, 0.1) is 5.56 Å². The fourth-order valence-electron chi connectivity index (χ4n) is 3.31. The van der Waals surface area contributed by atoms with E-state index in [2.05, 4.69) is 33.9 Å². The smallest absolute Gasteiger partial charge is 0.255 e. The highest BCUT2D eigenvalue weighted by atomic mass is 32.1. The zero-order chi connectivity index (χ0) is 17.9. The average molecular weight is 364 g/mol. The average Bonchev–Trinajstić information content (AvgIpc) is 3.10. The van der Waals surface area contributed by atoms with Crippen molar-refractivity contribution >= 4 is 23.2 Å². The van der Waals surface area contributed by atoms with Gasteiger partial charge in [-0.05, 0) is 18.6 Å². The van der Waals surface area contributed by atoms with E-state index in [1.807, 2.05) is 34.5 Å². The van der Waals surface area contributed by atoms with Gasteiger partial charge in [-0.3, -0.25) is 4.79 Å². The van der Waals surface area contributed by atoms with Crippen LogP contribution in [0.3, 0.4) is 0 Å². The van der Waals surface area contributed by atoms with Crippen molar-refractivity contribution in [2.75, 3.05) is 31.1 Å². The number of nitrogens with zero attached hydrogens (tertiary/aromatic N) is 4. The number of aryl methyl sites for hydroxylation is 1. The van der Waals surface area contributed by atoms with Crippen LogP contribution in [-0.2, 0) is 0 Å². The van der Waals surface area contributed by atoms with Crippen molar-refractivity contribution in [1.82, 2.24) is 14.9 Å². The molecule has 6 heteroatoms. The van der Waals surface area contributed by atoms with Gasteiger partial charge < -0.3 is 9.80 Å². The molecule has 0 spiro atoms. The molecule has 1 aliphatic rings. The molecule has 1 fully saturated rings. The van der Waals surface area contributed by atoms with E-state index < -0.39 is 0 Å². The van der Waals surface area contributed by atoms with E-state index in [0.29, 0.717) is 13.1 Å². The van der Waals surface area contributed by atoms with Gasteiger partial charge in [0.1, 0.15) is 0 Å². The highest BCUT2D eigenvalue weighted by Crippen LogP contribution is 2.33. The molecule has 0 radical (unpaired) electrons.